The predicted molar refractivity (Wildman–Crippen MR) is 60.3 cm³/mol. The van der Waals surface area contributed by atoms with E-state index in [0.717, 1.165) is 0 Å². The van der Waals surface area contributed by atoms with Crippen LogP contribution in [0.15, 0.2) is 0 Å². The first-order valence-corrected chi connectivity index (χ1v) is 5.67. The van der Waals surface area contributed by atoms with Crippen LogP contribution in [0.5, 0.6) is 0 Å². The summed E-state index contributed by atoms with van der Waals surface area (Å²) in [6.45, 7) is -0.635. The number of hydrogen-bond acceptors (Lipinski definition) is 7. The number of rotatable bonds is 5. The third-order valence-corrected chi connectivity index (χ3v) is 3.11. The van der Waals surface area contributed by atoms with Gasteiger partial charge in [-0.25, -0.2) is 0 Å². The zero-order valence-electron chi connectivity index (χ0n) is 10.0. The highest BCUT2D eigenvalue weighted by Crippen LogP contribution is 2.27. The number of carbonyl (C=O) groups excluding carboxylic acids is 2. The number of aliphatic hydroxyl groups excluding tert-OH is 4. The van der Waals surface area contributed by atoms with Crippen LogP contribution in [0.2, 0.25) is 0 Å². The quantitative estimate of drug-likeness (QED) is 0.295. The molecule has 0 spiro atoms. The normalized spacial score (nSPS) is 36.7. The van der Waals surface area contributed by atoms with Gasteiger partial charge in [0.25, 0.3) is 0 Å². The highest BCUT2D eigenvalue weighted by Gasteiger charge is 2.47. The summed E-state index contributed by atoms with van der Waals surface area (Å²) in [5.41, 5.74) is 10.1. The second kappa shape index (κ2) is 6.26. The van der Waals surface area contributed by atoms with Crippen LogP contribution in [0.25, 0.3) is 0 Å². The molecular formula is C10H18N2O7. The predicted octanol–water partition coefficient (Wildman–Crippen LogP) is -4.19. The average molecular weight is 278 g/mol. The minimum Gasteiger partial charge on any atom is -0.394 e. The Labute approximate surface area is 108 Å². The first kappa shape index (κ1) is 15.8. The van der Waals surface area contributed by atoms with E-state index in [1.165, 1.54) is 0 Å². The molecule has 0 aromatic rings. The Morgan fingerprint density at radius 1 is 1.11 bits per heavy atom. The van der Waals surface area contributed by atoms with Crippen molar-refractivity contribution in [3.63, 3.8) is 0 Å². The molecule has 1 heterocycles. The van der Waals surface area contributed by atoms with E-state index >= 15 is 0 Å². The average Bonchev–Trinajstić information content (AvgIpc) is 2.34. The number of primary amides is 2. The summed E-state index contributed by atoms with van der Waals surface area (Å²) in [7, 11) is 0. The van der Waals surface area contributed by atoms with E-state index in [0.29, 0.717) is 0 Å². The van der Waals surface area contributed by atoms with Crippen LogP contribution in [-0.2, 0) is 14.3 Å². The molecule has 0 bridgehead atoms. The van der Waals surface area contributed by atoms with Crippen LogP contribution in [0.1, 0.15) is 6.42 Å². The summed E-state index contributed by atoms with van der Waals surface area (Å²) in [4.78, 5) is 22.2. The second-order valence-electron chi connectivity index (χ2n) is 4.47. The van der Waals surface area contributed by atoms with Gasteiger partial charge in [-0.15, -0.1) is 0 Å². The summed E-state index contributed by atoms with van der Waals surface area (Å²) in [6, 6.07) is 0. The van der Waals surface area contributed by atoms with Crippen molar-refractivity contribution in [2.75, 3.05) is 6.61 Å². The molecule has 1 fully saturated rings. The fourth-order valence-electron chi connectivity index (χ4n) is 2.06. The molecule has 1 aliphatic rings. The van der Waals surface area contributed by atoms with Crippen molar-refractivity contribution < 1.29 is 34.8 Å². The summed E-state index contributed by atoms with van der Waals surface area (Å²) < 4.78 is 5.14. The SMILES string of the molecule is NC(=O)CC(C(N)=O)C1O[C@H](CO)[C@@H](O)[C@H](O)[C@H]1O. The molecule has 0 aromatic carbocycles. The Morgan fingerprint density at radius 3 is 2.11 bits per heavy atom. The smallest absolute Gasteiger partial charge is 0.223 e. The van der Waals surface area contributed by atoms with Crippen LogP contribution in [-0.4, -0.2) is 69.4 Å². The molecule has 1 aliphatic heterocycles. The number of carbonyl (C=O) groups is 2. The lowest BCUT2D eigenvalue weighted by atomic mass is 9.85. The van der Waals surface area contributed by atoms with Crippen molar-refractivity contribution in [3.8, 4) is 0 Å². The molecule has 0 aliphatic carbocycles. The first-order chi connectivity index (χ1) is 8.79. The van der Waals surface area contributed by atoms with Gasteiger partial charge in [0.15, 0.2) is 0 Å². The maximum atomic E-state index is 11.3. The monoisotopic (exact) mass is 278 g/mol. The number of nitrogens with two attached hydrogens (primary N) is 2. The molecular weight excluding hydrogens is 260 g/mol. The van der Waals surface area contributed by atoms with Crippen LogP contribution < -0.4 is 11.5 Å². The van der Waals surface area contributed by atoms with Gasteiger partial charge < -0.3 is 36.6 Å². The van der Waals surface area contributed by atoms with E-state index in [1.54, 1.807) is 0 Å². The standard InChI is InChI=1S/C10H18N2O7/c11-5(14)1-3(10(12)18)9-8(17)7(16)6(15)4(2-13)19-9/h3-4,6-9,13,15-17H,1-2H2,(H2,11,14)(H2,12,18)/t3?,4-,6-,7+,8-,9?/m1/s1. The zero-order chi connectivity index (χ0) is 14.7. The Hall–Kier alpha value is -1.26. The molecule has 0 aromatic heterocycles. The molecule has 2 unspecified atom stereocenters. The lowest BCUT2D eigenvalue weighted by Gasteiger charge is -2.42. The Balaban J connectivity index is 2.94. The van der Waals surface area contributed by atoms with Crippen molar-refractivity contribution in [2.24, 2.45) is 17.4 Å². The maximum Gasteiger partial charge on any atom is 0.223 e. The minimum absolute atomic E-state index is 0.474. The van der Waals surface area contributed by atoms with Gasteiger partial charge in [0, 0.05) is 6.42 Å². The highest BCUT2D eigenvalue weighted by atomic mass is 16.5. The van der Waals surface area contributed by atoms with Gasteiger partial charge in [-0.05, 0) is 0 Å². The van der Waals surface area contributed by atoms with Gasteiger partial charge in [0.05, 0.1) is 18.6 Å². The summed E-state index contributed by atoms with van der Waals surface area (Å²) in [6.07, 6.45) is -7.78. The molecule has 9 nitrogen and oxygen atoms in total. The number of hydrogen-bond donors (Lipinski definition) is 6. The number of aliphatic hydroxyl groups is 4. The van der Waals surface area contributed by atoms with E-state index < -0.39 is 61.3 Å². The van der Waals surface area contributed by atoms with Crippen molar-refractivity contribution >= 4 is 11.8 Å². The van der Waals surface area contributed by atoms with Gasteiger partial charge in [-0.3, -0.25) is 9.59 Å². The zero-order valence-corrected chi connectivity index (χ0v) is 10.0. The minimum atomic E-state index is -1.63. The highest BCUT2D eigenvalue weighted by molar-refractivity contribution is 5.84. The Bertz CT molecular complexity index is 349. The largest absolute Gasteiger partial charge is 0.394 e. The van der Waals surface area contributed by atoms with Gasteiger partial charge >= 0.3 is 0 Å². The summed E-state index contributed by atoms with van der Waals surface area (Å²) in [5.74, 6) is -3.03. The molecule has 1 saturated heterocycles. The molecule has 110 valence electrons. The van der Waals surface area contributed by atoms with Crippen LogP contribution in [0.4, 0.5) is 0 Å². The van der Waals surface area contributed by atoms with E-state index in [4.69, 9.17) is 21.3 Å². The summed E-state index contributed by atoms with van der Waals surface area (Å²) >= 11 is 0. The number of ether oxygens (including phenoxy) is 1. The van der Waals surface area contributed by atoms with Gasteiger partial charge in [-0.1, -0.05) is 0 Å². The van der Waals surface area contributed by atoms with Crippen molar-refractivity contribution in [1.29, 1.82) is 0 Å². The lowest BCUT2D eigenvalue weighted by Crippen LogP contribution is -2.61. The lowest BCUT2D eigenvalue weighted by molar-refractivity contribution is -0.239. The molecule has 1 rings (SSSR count). The van der Waals surface area contributed by atoms with Crippen molar-refractivity contribution in [2.45, 2.75) is 36.9 Å². The molecule has 2 amide bonds. The second-order valence-corrected chi connectivity index (χ2v) is 4.47. The van der Waals surface area contributed by atoms with Crippen LogP contribution in [0.3, 0.4) is 0 Å². The van der Waals surface area contributed by atoms with Crippen molar-refractivity contribution in [3.05, 3.63) is 0 Å². The fraction of sp³-hybridized carbons (Fsp3) is 0.800. The van der Waals surface area contributed by atoms with Crippen LogP contribution >= 0.6 is 0 Å². The van der Waals surface area contributed by atoms with Gasteiger partial charge in [0.1, 0.15) is 24.4 Å². The molecule has 19 heavy (non-hydrogen) atoms. The van der Waals surface area contributed by atoms with E-state index in [-0.39, 0.29) is 0 Å². The van der Waals surface area contributed by atoms with Gasteiger partial charge in [0.2, 0.25) is 11.8 Å². The molecule has 6 atom stereocenters. The van der Waals surface area contributed by atoms with E-state index in [9.17, 15) is 24.9 Å². The van der Waals surface area contributed by atoms with Crippen LogP contribution in [0, 0.1) is 5.92 Å². The first-order valence-electron chi connectivity index (χ1n) is 5.67. The Morgan fingerprint density at radius 2 is 1.68 bits per heavy atom. The molecule has 8 N–H and O–H groups in total. The third-order valence-electron chi connectivity index (χ3n) is 3.11. The topological polar surface area (TPSA) is 176 Å². The van der Waals surface area contributed by atoms with Crippen molar-refractivity contribution in [1.82, 2.24) is 0 Å². The molecule has 0 saturated carbocycles. The summed E-state index contributed by atoms with van der Waals surface area (Å²) in [5, 5.41) is 37.9. The third kappa shape index (κ3) is 3.39. The van der Waals surface area contributed by atoms with Gasteiger partial charge in [-0.2, -0.15) is 0 Å². The number of amides is 2. The Kier molecular flexibility index (Phi) is 5.20. The fourth-order valence-corrected chi connectivity index (χ4v) is 2.06. The maximum absolute atomic E-state index is 11.3. The molecule has 9 heteroatoms. The van der Waals surface area contributed by atoms with E-state index in [1.807, 2.05) is 0 Å². The van der Waals surface area contributed by atoms with E-state index in [2.05, 4.69) is 0 Å². The molecule has 0 radical (unpaired) electrons.